The zero-order valence-corrected chi connectivity index (χ0v) is 10.9. The molecule has 0 heterocycles. The van der Waals surface area contributed by atoms with E-state index in [-0.39, 0.29) is 5.56 Å². The SMILES string of the molecule is O=C(O)c1cccc(COCc2cccc(Cl)c2)c1. The lowest BCUT2D eigenvalue weighted by atomic mass is 10.1. The van der Waals surface area contributed by atoms with E-state index in [1.165, 1.54) is 0 Å². The van der Waals surface area contributed by atoms with Gasteiger partial charge in [-0.2, -0.15) is 0 Å². The summed E-state index contributed by atoms with van der Waals surface area (Å²) in [6, 6.07) is 14.2. The van der Waals surface area contributed by atoms with Gasteiger partial charge in [0.15, 0.2) is 0 Å². The predicted octanol–water partition coefficient (Wildman–Crippen LogP) is 3.76. The van der Waals surface area contributed by atoms with Crippen LogP contribution in [0, 0.1) is 0 Å². The lowest BCUT2D eigenvalue weighted by molar-refractivity contribution is 0.0696. The van der Waals surface area contributed by atoms with Crippen molar-refractivity contribution in [1.82, 2.24) is 0 Å². The van der Waals surface area contributed by atoms with Gasteiger partial charge in [-0.1, -0.05) is 35.9 Å². The van der Waals surface area contributed by atoms with Crippen LogP contribution < -0.4 is 0 Å². The van der Waals surface area contributed by atoms with E-state index in [0.29, 0.717) is 18.2 Å². The van der Waals surface area contributed by atoms with Crippen LogP contribution >= 0.6 is 11.6 Å². The number of rotatable bonds is 5. The highest BCUT2D eigenvalue weighted by atomic mass is 35.5. The summed E-state index contributed by atoms with van der Waals surface area (Å²) in [6.07, 6.45) is 0. The van der Waals surface area contributed by atoms with Crippen LogP contribution in [0.5, 0.6) is 0 Å². The Hall–Kier alpha value is -1.84. The molecule has 0 atom stereocenters. The molecular formula is C15H13ClO3. The Kier molecular flexibility index (Phi) is 4.55. The van der Waals surface area contributed by atoms with E-state index in [1.54, 1.807) is 24.3 Å². The first-order valence-corrected chi connectivity index (χ1v) is 6.17. The number of benzene rings is 2. The Morgan fingerprint density at radius 2 is 1.68 bits per heavy atom. The molecule has 0 amide bonds. The van der Waals surface area contributed by atoms with Gasteiger partial charge in [0.25, 0.3) is 0 Å². The topological polar surface area (TPSA) is 46.5 Å². The number of carboxylic acids is 1. The number of hydrogen-bond acceptors (Lipinski definition) is 2. The normalized spacial score (nSPS) is 10.4. The summed E-state index contributed by atoms with van der Waals surface area (Å²) in [5.41, 5.74) is 2.09. The van der Waals surface area contributed by atoms with Gasteiger partial charge in [-0.3, -0.25) is 0 Å². The van der Waals surface area contributed by atoms with Crippen molar-refractivity contribution in [3.05, 3.63) is 70.2 Å². The molecule has 2 rings (SSSR count). The molecule has 0 radical (unpaired) electrons. The molecule has 0 fully saturated rings. The Balaban J connectivity index is 1.92. The molecule has 0 aliphatic heterocycles. The second kappa shape index (κ2) is 6.36. The summed E-state index contributed by atoms with van der Waals surface area (Å²) in [5.74, 6) is -0.934. The molecule has 1 N–H and O–H groups in total. The third kappa shape index (κ3) is 4.09. The molecule has 2 aromatic rings. The lowest BCUT2D eigenvalue weighted by Gasteiger charge is -2.06. The molecule has 0 unspecified atom stereocenters. The Bertz CT molecular complexity index is 581. The fourth-order valence-corrected chi connectivity index (χ4v) is 1.92. The number of aromatic carboxylic acids is 1. The third-order valence-corrected chi connectivity index (χ3v) is 2.84. The summed E-state index contributed by atoms with van der Waals surface area (Å²) in [5, 5.41) is 9.56. The molecule has 0 bridgehead atoms. The van der Waals surface area contributed by atoms with Gasteiger partial charge in [0.2, 0.25) is 0 Å². The Morgan fingerprint density at radius 1 is 1.05 bits per heavy atom. The number of ether oxygens (including phenoxy) is 1. The van der Waals surface area contributed by atoms with Crippen LogP contribution in [0.4, 0.5) is 0 Å². The van der Waals surface area contributed by atoms with Crippen LogP contribution in [-0.2, 0) is 18.0 Å². The predicted molar refractivity (Wildman–Crippen MR) is 73.3 cm³/mol. The highest BCUT2D eigenvalue weighted by molar-refractivity contribution is 6.30. The van der Waals surface area contributed by atoms with E-state index in [0.717, 1.165) is 11.1 Å². The zero-order chi connectivity index (χ0) is 13.7. The van der Waals surface area contributed by atoms with Gasteiger partial charge in [-0.05, 0) is 35.4 Å². The summed E-state index contributed by atoms with van der Waals surface area (Å²) in [7, 11) is 0. The molecule has 0 aromatic heterocycles. The van der Waals surface area contributed by atoms with Crippen LogP contribution in [0.15, 0.2) is 48.5 Å². The van der Waals surface area contributed by atoms with Crippen molar-refractivity contribution in [2.24, 2.45) is 0 Å². The minimum Gasteiger partial charge on any atom is -0.478 e. The highest BCUT2D eigenvalue weighted by Gasteiger charge is 2.03. The van der Waals surface area contributed by atoms with Crippen molar-refractivity contribution >= 4 is 17.6 Å². The molecule has 0 spiro atoms. The second-order valence-corrected chi connectivity index (χ2v) is 4.56. The number of hydrogen-bond donors (Lipinski definition) is 1. The van der Waals surface area contributed by atoms with Crippen molar-refractivity contribution in [1.29, 1.82) is 0 Å². The first-order chi connectivity index (χ1) is 9.15. The van der Waals surface area contributed by atoms with Crippen LogP contribution in [0.2, 0.25) is 5.02 Å². The standard InChI is InChI=1S/C15H13ClO3/c16-14-6-2-4-12(8-14)10-19-9-11-3-1-5-13(7-11)15(17)18/h1-8H,9-10H2,(H,17,18). The maximum atomic E-state index is 10.8. The van der Waals surface area contributed by atoms with Gasteiger partial charge in [0, 0.05) is 5.02 Å². The van der Waals surface area contributed by atoms with E-state index in [1.807, 2.05) is 24.3 Å². The first-order valence-electron chi connectivity index (χ1n) is 5.79. The fraction of sp³-hybridized carbons (Fsp3) is 0.133. The monoisotopic (exact) mass is 276 g/mol. The Labute approximate surface area is 116 Å². The molecule has 98 valence electrons. The van der Waals surface area contributed by atoms with Crippen LogP contribution in [-0.4, -0.2) is 11.1 Å². The van der Waals surface area contributed by atoms with Gasteiger partial charge < -0.3 is 9.84 Å². The highest BCUT2D eigenvalue weighted by Crippen LogP contribution is 2.13. The van der Waals surface area contributed by atoms with Crippen molar-refractivity contribution in [3.8, 4) is 0 Å². The smallest absolute Gasteiger partial charge is 0.335 e. The molecule has 0 aliphatic carbocycles. The fourth-order valence-electron chi connectivity index (χ4n) is 1.71. The van der Waals surface area contributed by atoms with Gasteiger partial charge in [0.1, 0.15) is 0 Å². The van der Waals surface area contributed by atoms with Gasteiger partial charge in [0.05, 0.1) is 18.8 Å². The minimum atomic E-state index is -0.934. The summed E-state index contributed by atoms with van der Waals surface area (Å²) in [6.45, 7) is 0.811. The van der Waals surface area contributed by atoms with Crippen molar-refractivity contribution < 1.29 is 14.6 Å². The summed E-state index contributed by atoms with van der Waals surface area (Å²) < 4.78 is 5.54. The van der Waals surface area contributed by atoms with Crippen LogP contribution in [0.25, 0.3) is 0 Å². The zero-order valence-electron chi connectivity index (χ0n) is 10.2. The lowest BCUT2D eigenvalue weighted by Crippen LogP contribution is -1.99. The van der Waals surface area contributed by atoms with E-state index in [4.69, 9.17) is 21.4 Å². The van der Waals surface area contributed by atoms with E-state index in [9.17, 15) is 4.79 Å². The molecular weight excluding hydrogens is 264 g/mol. The molecule has 4 heteroatoms. The van der Waals surface area contributed by atoms with Gasteiger partial charge >= 0.3 is 5.97 Å². The number of carboxylic acid groups (broad SMARTS) is 1. The quantitative estimate of drug-likeness (QED) is 0.904. The van der Waals surface area contributed by atoms with Crippen LogP contribution in [0.3, 0.4) is 0 Å². The molecule has 0 aliphatic rings. The number of halogens is 1. The largest absolute Gasteiger partial charge is 0.478 e. The second-order valence-electron chi connectivity index (χ2n) is 4.13. The van der Waals surface area contributed by atoms with Crippen molar-refractivity contribution in [2.75, 3.05) is 0 Å². The average Bonchev–Trinajstić information content (AvgIpc) is 2.39. The average molecular weight is 277 g/mol. The minimum absolute atomic E-state index is 0.267. The van der Waals surface area contributed by atoms with E-state index >= 15 is 0 Å². The van der Waals surface area contributed by atoms with Crippen LogP contribution in [0.1, 0.15) is 21.5 Å². The molecule has 0 saturated heterocycles. The van der Waals surface area contributed by atoms with Crippen molar-refractivity contribution in [2.45, 2.75) is 13.2 Å². The summed E-state index contributed by atoms with van der Waals surface area (Å²) >= 11 is 5.88. The maximum absolute atomic E-state index is 10.8. The first kappa shape index (κ1) is 13.6. The van der Waals surface area contributed by atoms with Crippen molar-refractivity contribution in [3.63, 3.8) is 0 Å². The number of carbonyl (C=O) groups is 1. The molecule has 2 aromatic carbocycles. The Morgan fingerprint density at radius 3 is 2.32 bits per heavy atom. The van der Waals surface area contributed by atoms with E-state index < -0.39 is 5.97 Å². The third-order valence-electron chi connectivity index (χ3n) is 2.60. The van der Waals surface area contributed by atoms with Gasteiger partial charge in [-0.15, -0.1) is 0 Å². The van der Waals surface area contributed by atoms with E-state index in [2.05, 4.69) is 0 Å². The molecule has 19 heavy (non-hydrogen) atoms. The maximum Gasteiger partial charge on any atom is 0.335 e. The molecule has 3 nitrogen and oxygen atoms in total. The molecule has 0 saturated carbocycles. The van der Waals surface area contributed by atoms with Gasteiger partial charge in [-0.25, -0.2) is 4.79 Å². The summed E-state index contributed by atoms with van der Waals surface area (Å²) in [4.78, 5) is 10.8.